The molecule has 0 atom stereocenters. The van der Waals surface area contributed by atoms with Crippen LogP contribution in [0.3, 0.4) is 0 Å². The third-order valence-corrected chi connectivity index (χ3v) is 5.78. The van der Waals surface area contributed by atoms with E-state index in [-0.39, 0.29) is 24.5 Å². The van der Waals surface area contributed by atoms with E-state index in [2.05, 4.69) is 4.72 Å². The molecule has 1 amide bonds. The lowest BCUT2D eigenvalue weighted by molar-refractivity contribution is -0.118. The normalized spacial score (nSPS) is 14.2. The van der Waals surface area contributed by atoms with Crippen LogP contribution in [-0.2, 0) is 27.0 Å². The molecule has 0 spiro atoms. The Morgan fingerprint density at radius 1 is 1.19 bits per heavy atom. The number of hydrogen-bond donors (Lipinski definition) is 1. The molecule has 0 saturated heterocycles. The van der Waals surface area contributed by atoms with Gasteiger partial charge in [0.2, 0.25) is 15.9 Å². The zero-order chi connectivity index (χ0) is 19.6. The Morgan fingerprint density at radius 2 is 1.89 bits per heavy atom. The average Bonchev–Trinajstić information content (AvgIpc) is 2.59. The Kier molecular flexibility index (Phi) is 5.51. The van der Waals surface area contributed by atoms with Crippen LogP contribution in [0.25, 0.3) is 0 Å². The van der Waals surface area contributed by atoms with Crippen molar-refractivity contribution in [1.82, 2.24) is 0 Å². The van der Waals surface area contributed by atoms with Crippen molar-refractivity contribution < 1.29 is 19.0 Å². The van der Waals surface area contributed by atoms with Gasteiger partial charge in [0.1, 0.15) is 5.82 Å². The predicted octanol–water partition coefficient (Wildman–Crippen LogP) is 4.01. The van der Waals surface area contributed by atoms with Crippen molar-refractivity contribution in [3.8, 4) is 0 Å². The second-order valence-electron chi connectivity index (χ2n) is 6.86. The summed E-state index contributed by atoms with van der Waals surface area (Å²) in [4.78, 5) is 13.5. The lowest BCUT2D eigenvalue weighted by atomic mass is 10.00. The number of fused-ring (bicyclic) bond motifs is 1. The molecule has 1 aliphatic rings. The molecule has 1 N–H and O–H groups in total. The number of nitrogens with zero attached hydrogens (tertiary/aromatic N) is 1. The van der Waals surface area contributed by atoms with E-state index < -0.39 is 15.8 Å². The number of halogens is 1. The monoisotopic (exact) mass is 392 g/mol. The number of rotatable bonds is 6. The predicted molar refractivity (Wildman–Crippen MR) is 107 cm³/mol. The van der Waals surface area contributed by atoms with Gasteiger partial charge in [0.15, 0.2) is 0 Å². The van der Waals surface area contributed by atoms with E-state index in [1.54, 1.807) is 18.2 Å². The van der Waals surface area contributed by atoms with Crippen molar-refractivity contribution in [1.29, 1.82) is 0 Å². The molecular weight excluding hydrogens is 367 g/mol. The van der Waals surface area contributed by atoms with Gasteiger partial charge in [-0.2, -0.15) is 0 Å². The molecule has 0 fully saturated rings. The second kappa shape index (κ2) is 7.68. The molecule has 5 nitrogen and oxygen atoms in total. The molecule has 0 bridgehead atoms. The van der Waals surface area contributed by atoms with Gasteiger partial charge in [-0.05, 0) is 37.0 Å². The van der Waals surface area contributed by atoms with Gasteiger partial charge in [-0.3, -0.25) is 9.52 Å². The topological polar surface area (TPSA) is 66.5 Å². The standard InChI is InChI=1S/C20H23FN2O3S.H2/c1-3-10-23-19(24)9-8-16-11-17(12-18(21)20(16)23)22-27(25,26)13-15-6-4-14(2)5-7-15;/h4-7,11-12,22H,3,8-10,13H2,1-2H3;1H. The van der Waals surface area contributed by atoms with Gasteiger partial charge in [-0.1, -0.05) is 36.8 Å². The maximum Gasteiger partial charge on any atom is 0.236 e. The quantitative estimate of drug-likeness (QED) is 0.808. The molecule has 0 radical (unpaired) electrons. The lowest BCUT2D eigenvalue weighted by Crippen LogP contribution is -2.36. The molecule has 0 unspecified atom stereocenters. The van der Waals surface area contributed by atoms with Gasteiger partial charge in [0.05, 0.1) is 17.1 Å². The number of nitrogens with one attached hydrogen (secondary N) is 1. The van der Waals surface area contributed by atoms with E-state index in [0.29, 0.717) is 30.5 Å². The smallest absolute Gasteiger partial charge is 0.236 e. The number of carbonyl (C=O) groups excluding carboxylic acids is 1. The third kappa shape index (κ3) is 4.47. The highest BCUT2D eigenvalue weighted by atomic mass is 32.2. The minimum atomic E-state index is -3.68. The summed E-state index contributed by atoms with van der Waals surface area (Å²) in [6.07, 6.45) is 1.42. The first-order chi connectivity index (χ1) is 12.8. The Bertz CT molecular complexity index is 962. The molecule has 0 aliphatic carbocycles. The molecule has 0 saturated carbocycles. The molecule has 7 heteroatoms. The Morgan fingerprint density at radius 3 is 2.56 bits per heavy atom. The van der Waals surface area contributed by atoms with E-state index in [4.69, 9.17) is 0 Å². The molecule has 1 heterocycles. The summed E-state index contributed by atoms with van der Waals surface area (Å²) in [6.45, 7) is 4.30. The van der Waals surface area contributed by atoms with E-state index >= 15 is 0 Å². The number of hydrogen-bond acceptors (Lipinski definition) is 3. The van der Waals surface area contributed by atoms with Gasteiger partial charge in [0.25, 0.3) is 0 Å². The van der Waals surface area contributed by atoms with Crippen molar-refractivity contribution >= 4 is 27.3 Å². The minimum Gasteiger partial charge on any atom is -0.309 e. The summed E-state index contributed by atoms with van der Waals surface area (Å²) in [5, 5.41) is 0. The summed E-state index contributed by atoms with van der Waals surface area (Å²) in [7, 11) is -3.68. The maximum absolute atomic E-state index is 14.7. The molecule has 0 aromatic heterocycles. The van der Waals surface area contributed by atoms with Gasteiger partial charge >= 0.3 is 0 Å². The van der Waals surface area contributed by atoms with Crippen LogP contribution in [0.15, 0.2) is 36.4 Å². The summed E-state index contributed by atoms with van der Waals surface area (Å²) in [5.74, 6) is -0.870. The van der Waals surface area contributed by atoms with Crippen LogP contribution >= 0.6 is 0 Å². The number of anilines is 2. The highest BCUT2D eigenvalue weighted by Gasteiger charge is 2.27. The number of carbonyl (C=O) groups is 1. The molecule has 2 aromatic carbocycles. The number of amides is 1. The highest BCUT2D eigenvalue weighted by Crippen LogP contribution is 2.34. The van der Waals surface area contributed by atoms with E-state index in [0.717, 1.165) is 18.1 Å². The van der Waals surface area contributed by atoms with Gasteiger partial charge in [0, 0.05) is 20.5 Å². The second-order valence-corrected chi connectivity index (χ2v) is 8.58. The molecule has 146 valence electrons. The fourth-order valence-corrected chi connectivity index (χ4v) is 4.47. The fourth-order valence-electron chi connectivity index (χ4n) is 3.29. The largest absolute Gasteiger partial charge is 0.309 e. The van der Waals surface area contributed by atoms with Crippen LogP contribution in [0.5, 0.6) is 0 Å². The first-order valence-electron chi connectivity index (χ1n) is 8.98. The van der Waals surface area contributed by atoms with Crippen molar-refractivity contribution in [2.75, 3.05) is 16.2 Å². The van der Waals surface area contributed by atoms with E-state index in [9.17, 15) is 17.6 Å². The fraction of sp³-hybridized carbons (Fsp3) is 0.350. The number of benzene rings is 2. The SMILES string of the molecule is CCCN1C(=O)CCc2cc(NS(=O)(=O)Cc3ccc(C)cc3)cc(F)c21.[HH]. The van der Waals surface area contributed by atoms with E-state index in [1.807, 2.05) is 26.0 Å². The summed E-state index contributed by atoms with van der Waals surface area (Å²) in [5.41, 5.74) is 2.81. The molecule has 1 aliphatic heterocycles. The third-order valence-electron chi connectivity index (χ3n) is 4.52. The number of sulfonamides is 1. The van der Waals surface area contributed by atoms with Crippen LogP contribution in [0.4, 0.5) is 15.8 Å². The average molecular weight is 392 g/mol. The summed E-state index contributed by atoms with van der Waals surface area (Å²) >= 11 is 0. The molecule has 27 heavy (non-hydrogen) atoms. The van der Waals surface area contributed by atoms with Crippen LogP contribution in [0.1, 0.15) is 37.9 Å². The molecule has 3 rings (SSSR count). The zero-order valence-corrected chi connectivity index (χ0v) is 16.3. The van der Waals surface area contributed by atoms with E-state index in [1.165, 1.54) is 4.90 Å². The van der Waals surface area contributed by atoms with Crippen molar-refractivity contribution in [2.24, 2.45) is 0 Å². The molecule has 2 aromatic rings. The van der Waals surface area contributed by atoms with Gasteiger partial charge < -0.3 is 4.90 Å². The van der Waals surface area contributed by atoms with Crippen LogP contribution in [0.2, 0.25) is 0 Å². The summed E-state index contributed by atoms with van der Waals surface area (Å²) < 4.78 is 42.1. The first-order valence-corrected chi connectivity index (χ1v) is 10.6. The van der Waals surface area contributed by atoms with Crippen LogP contribution in [-0.4, -0.2) is 20.9 Å². The minimum absolute atomic E-state index is 0. The Labute approximate surface area is 160 Å². The highest BCUT2D eigenvalue weighted by molar-refractivity contribution is 7.91. The Balaban J connectivity index is 0.00000280. The van der Waals surface area contributed by atoms with Crippen LogP contribution in [0, 0.1) is 12.7 Å². The molecular formula is C20H25FN2O3S. The maximum atomic E-state index is 14.7. The Hall–Kier alpha value is -2.41. The van der Waals surface area contributed by atoms with Crippen molar-refractivity contribution in [2.45, 2.75) is 38.9 Å². The van der Waals surface area contributed by atoms with Gasteiger partial charge in [-0.25, -0.2) is 12.8 Å². The zero-order valence-electron chi connectivity index (χ0n) is 15.5. The van der Waals surface area contributed by atoms with Crippen molar-refractivity contribution in [3.63, 3.8) is 0 Å². The van der Waals surface area contributed by atoms with Gasteiger partial charge in [-0.15, -0.1) is 0 Å². The van der Waals surface area contributed by atoms with Crippen molar-refractivity contribution in [3.05, 3.63) is 58.9 Å². The van der Waals surface area contributed by atoms with Crippen LogP contribution < -0.4 is 9.62 Å². The number of aryl methyl sites for hydroxylation is 2. The lowest BCUT2D eigenvalue weighted by Gasteiger charge is -2.30. The first kappa shape index (κ1) is 19.4. The summed E-state index contributed by atoms with van der Waals surface area (Å²) in [6, 6.07) is 9.99.